The van der Waals surface area contributed by atoms with Crippen LogP contribution in [-0.4, -0.2) is 48.0 Å². The third-order valence-corrected chi connectivity index (χ3v) is 5.17. The number of hydrogen-bond acceptors (Lipinski definition) is 3. The molecule has 21 heavy (non-hydrogen) atoms. The van der Waals surface area contributed by atoms with Gasteiger partial charge in [0.2, 0.25) is 0 Å². The first-order chi connectivity index (χ1) is 10.2. The Bertz CT molecular complexity index is 483. The average molecular weight is 287 g/mol. The van der Waals surface area contributed by atoms with Gasteiger partial charge in [-0.25, -0.2) is 0 Å². The summed E-state index contributed by atoms with van der Waals surface area (Å²) in [5.74, 6) is 0. The minimum Gasteiger partial charge on any atom is -0.309 e. The van der Waals surface area contributed by atoms with Crippen LogP contribution < -0.4 is 0 Å². The number of fused-ring (bicyclic) bond motifs is 3. The van der Waals surface area contributed by atoms with Crippen molar-refractivity contribution in [2.24, 2.45) is 0 Å². The summed E-state index contributed by atoms with van der Waals surface area (Å²) in [5.41, 5.74) is 4.54. The molecule has 2 aliphatic heterocycles. The van der Waals surface area contributed by atoms with E-state index in [1.807, 2.05) is 6.20 Å². The monoisotopic (exact) mass is 287 g/mol. The fraction of sp³-hybridized carbons (Fsp3) is 0.722. The minimum atomic E-state index is 0.649. The van der Waals surface area contributed by atoms with Crippen molar-refractivity contribution >= 4 is 0 Å². The fourth-order valence-corrected chi connectivity index (χ4v) is 4.19. The SMILES string of the molecule is CCCc1ccnc2c1[C@@H]1CC[C@H](CCN(C)C)N1CC2. The summed E-state index contributed by atoms with van der Waals surface area (Å²) >= 11 is 0. The first-order valence-electron chi connectivity index (χ1n) is 8.57. The summed E-state index contributed by atoms with van der Waals surface area (Å²) in [5, 5.41) is 0. The Morgan fingerprint density at radius 2 is 2.19 bits per heavy atom. The van der Waals surface area contributed by atoms with E-state index in [0.29, 0.717) is 6.04 Å². The Morgan fingerprint density at radius 3 is 2.95 bits per heavy atom. The third kappa shape index (κ3) is 3.00. The molecule has 0 aliphatic carbocycles. The summed E-state index contributed by atoms with van der Waals surface area (Å²) in [6.07, 6.45) is 9.60. The molecule has 3 rings (SSSR count). The van der Waals surface area contributed by atoms with Crippen LogP contribution in [-0.2, 0) is 12.8 Å². The summed E-state index contributed by atoms with van der Waals surface area (Å²) in [6.45, 7) is 4.69. The average Bonchev–Trinajstić information content (AvgIpc) is 2.88. The van der Waals surface area contributed by atoms with Gasteiger partial charge >= 0.3 is 0 Å². The predicted octanol–water partition coefficient (Wildman–Crippen LogP) is 3.05. The maximum atomic E-state index is 4.69. The van der Waals surface area contributed by atoms with Gasteiger partial charge in [0, 0.05) is 36.9 Å². The first kappa shape index (κ1) is 15.0. The van der Waals surface area contributed by atoms with Gasteiger partial charge in [-0.15, -0.1) is 0 Å². The van der Waals surface area contributed by atoms with E-state index in [9.17, 15) is 0 Å². The van der Waals surface area contributed by atoms with Crippen molar-refractivity contribution in [3.63, 3.8) is 0 Å². The standard InChI is InChI=1S/C18H29N3/c1-4-5-14-8-11-19-16-10-13-21-15(9-12-20(2)3)6-7-17(21)18(14)16/h8,11,15,17H,4-7,9-10,12-13H2,1-3H3/t15-,17+/m1/s1. The lowest BCUT2D eigenvalue weighted by Crippen LogP contribution is -2.39. The molecule has 3 nitrogen and oxygen atoms in total. The molecule has 0 aromatic carbocycles. The maximum Gasteiger partial charge on any atom is 0.0466 e. The Morgan fingerprint density at radius 1 is 1.33 bits per heavy atom. The smallest absolute Gasteiger partial charge is 0.0466 e. The second-order valence-corrected chi connectivity index (χ2v) is 6.91. The van der Waals surface area contributed by atoms with E-state index in [-0.39, 0.29) is 0 Å². The second kappa shape index (κ2) is 6.45. The van der Waals surface area contributed by atoms with Crippen LogP contribution in [0.15, 0.2) is 12.3 Å². The second-order valence-electron chi connectivity index (χ2n) is 6.91. The van der Waals surface area contributed by atoms with Crippen molar-refractivity contribution in [3.8, 4) is 0 Å². The summed E-state index contributed by atoms with van der Waals surface area (Å²) in [4.78, 5) is 9.79. The van der Waals surface area contributed by atoms with E-state index in [1.54, 1.807) is 11.1 Å². The quantitative estimate of drug-likeness (QED) is 0.830. The van der Waals surface area contributed by atoms with Gasteiger partial charge in [0.05, 0.1) is 0 Å². The van der Waals surface area contributed by atoms with Gasteiger partial charge in [-0.3, -0.25) is 9.88 Å². The number of hydrogen-bond donors (Lipinski definition) is 0. The van der Waals surface area contributed by atoms with Gasteiger partial charge < -0.3 is 4.90 Å². The topological polar surface area (TPSA) is 19.4 Å². The van der Waals surface area contributed by atoms with E-state index in [1.165, 1.54) is 50.9 Å². The van der Waals surface area contributed by atoms with Crippen molar-refractivity contribution in [3.05, 3.63) is 29.1 Å². The molecular formula is C18H29N3. The molecule has 2 aliphatic rings. The van der Waals surface area contributed by atoms with Crippen LogP contribution >= 0.6 is 0 Å². The van der Waals surface area contributed by atoms with Crippen molar-refractivity contribution in [1.29, 1.82) is 0 Å². The zero-order valence-corrected chi connectivity index (χ0v) is 13.8. The molecule has 0 amide bonds. The van der Waals surface area contributed by atoms with Gasteiger partial charge in [-0.1, -0.05) is 13.3 Å². The first-order valence-corrected chi connectivity index (χ1v) is 8.57. The van der Waals surface area contributed by atoms with Crippen LogP contribution in [0.5, 0.6) is 0 Å². The minimum absolute atomic E-state index is 0.649. The maximum absolute atomic E-state index is 4.69. The van der Waals surface area contributed by atoms with Crippen LogP contribution in [0.25, 0.3) is 0 Å². The molecule has 1 saturated heterocycles. The van der Waals surface area contributed by atoms with Gasteiger partial charge in [0.1, 0.15) is 0 Å². The molecule has 0 radical (unpaired) electrons. The Labute approximate surface area is 129 Å². The van der Waals surface area contributed by atoms with E-state index in [4.69, 9.17) is 0 Å². The van der Waals surface area contributed by atoms with Gasteiger partial charge in [-0.05, 0) is 63.5 Å². The van der Waals surface area contributed by atoms with Crippen LogP contribution in [0.2, 0.25) is 0 Å². The Balaban J connectivity index is 1.81. The van der Waals surface area contributed by atoms with Gasteiger partial charge in [-0.2, -0.15) is 0 Å². The van der Waals surface area contributed by atoms with Crippen LogP contribution in [0.4, 0.5) is 0 Å². The number of pyridine rings is 1. The summed E-state index contributed by atoms with van der Waals surface area (Å²) < 4.78 is 0. The van der Waals surface area contributed by atoms with Crippen molar-refractivity contribution in [2.45, 2.75) is 57.5 Å². The largest absolute Gasteiger partial charge is 0.309 e. The molecule has 116 valence electrons. The molecule has 0 unspecified atom stereocenters. The molecular weight excluding hydrogens is 258 g/mol. The number of aromatic nitrogens is 1. The number of rotatable bonds is 5. The van der Waals surface area contributed by atoms with E-state index in [2.05, 4.69) is 41.9 Å². The van der Waals surface area contributed by atoms with Crippen LogP contribution in [0, 0.1) is 0 Å². The highest BCUT2D eigenvalue weighted by Crippen LogP contribution is 2.42. The van der Waals surface area contributed by atoms with Gasteiger partial charge in [0.15, 0.2) is 0 Å². The fourth-order valence-electron chi connectivity index (χ4n) is 4.19. The molecule has 0 spiro atoms. The molecule has 0 saturated carbocycles. The van der Waals surface area contributed by atoms with Crippen molar-refractivity contribution in [1.82, 2.24) is 14.8 Å². The normalized spacial score (nSPS) is 25.1. The summed E-state index contributed by atoms with van der Waals surface area (Å²) in [7, 11) is 4.36. The molecule has 3 heteroatoms. The molecule has 1 fully saturated rings. The van der Waals surface area contributed by atoms with E-state index in [0.717, 1.165) is 12.5 Å². The molecule has 1 aromatic heterocycles. The van der Waals surface area contributed by atoms with E-state index >= 15 is 0 Å². The molecule has 3 heterocycles. The Kier molecular flexibility index (Phi) is 4.60. The third-order valence-electron chi connectivity index (χ3n) is 5.17. The molecule has 2 atom stereocenters. The zero-order chi connectivity index (χ0) is 14.8. The number of aryl methyl sites for hydroxylation is 1. The van der Waals surface area contributed by atoms with Crippen LogP contribution in [0.1, 0.15) is 55.5 Å². The van der Waals surface area contributed by atoms with Crippen molar-refractivity contribution < 1.29 is 0 Å². The number of nitrogens with zero attached hydrogens (tertiary/aromatic N) is 3. The molecule has 0 bridgehead atoms. The van der Waals surface area contributed by atoms with Gasteiger partial charge in [0.25, 0.3) is 0 Å². The highest BCUT2D eigenvalue weighted by atomic mass is 15.2. The Hall–Kier alpha value is -0.930. The molecule has 0 N–H and O–H groups in total. The highest BCUT2D eigenvalue weighted by Gasteiger charge is 2.38. The highest BCUT2D eigenvalue weighted by molar-refractivity contribution is 5.36. The predicted molar refractivity (Wildman–Crippen MR) is 87.6 cm³/mol. The van der Waals surface area contributed by atoms with Crippen LogP contribution in [0.3, 0.4) is 0 Å². The van der Waals surface area contributed by atoms with Crippen molar-refractivity contribution in [2.75, 3.05) is 27.2 Å². The summed E-state index contributed by atoms with van der Waals surface area (Å²) in [6, 6.07) is 3.69. The molecule has 1 aromatic rings. The lowest BCUT2D eigenvalue weighted by molar-refractivity contribution is 0.165. The van der Waals surface area contributed by atoms with E-state index < -0.39 is 0 Å². The lowest BCUT2D eigenvalue weighted by Gasteiger charge is -2.36. The zero-order valence-electron chi connectivity index (χ0n) is 13.8. The lowest BCUT2D eigenvalue weighted by atomic mass is 9.91.